The number of benzene rings is 1. The molecule has 1 aromatic heterocycles. The van der Waals surface area contributed by atoms with Crippen molar-refractivity contribution in [3.05, 3.63) is 52.1 Å². The lowest BCUT2D eigenvalue weighted by Crippen LogP contribution is -2.30. The van der Waals surface area contributed by atoms with E-state index in [1.54, 1.807) is 23.9 Å². The molecule has 1 aromatic carbocycles. The van der Waals surface area contributed by atoms with Crippen molar-refractivity contribution in [2.45, 2.75) is 17.4 Å². The summed E-state index contributed by atoms with van der Waals surface area (Å²) in [5, 5.41) is 2.94. The standard InChI is InChI=1S/C14H11BrFNO2S/c15-13-9(3-5-19-13)14(18)17-11-4-6-20-12-2-1-8(16)7-10(11)12/h1-3,5,7,11H,4,6H2,(H,17,18). The number of nitrogens with one attached hydrogen (secondary N) is 1. The Morgan fingerprint density at radius 1 is 1.45 bits per heavy atom. The average Bonchev–Trinajstić information content (AvgIpc) is 2.86. The number of furan rings is 1. The van der Waals surface area contributed by atoms with Crippen molar-refractivity contribution < 1.29 is 13.6 Å². The molecule has 0 saturated carbocycles. The second-order valence-electron chi connectivity index (χ2n) is 4.45. The first-order chi connectivity index (χ1) is 9.65. The highest BCUT2D eigenvalue weighted by molar-refractivity contribution is 9.10. The summed E-state index contributed by atoms with van der Waals surface area (Å²) in [5.74, 6) is 0.392. The van der Waals surface area contributed by atoms with E-state index in [2.05, 4.69) is 21.2 Å². The number of hydrogen-bond donors (Lipinski definition) is 1. The maximum atomic E-state index is 13.4. The van der Waals surface area contributed by atoms with Crippen LogP contribution in [0.3, 0.4) is 0 Å². The van der Waals surface area contributed by atoms with Crippen molar-refractivity contribution in [1.82, 2.24) is 5.32 Å². The summed E-state index contributed by atoms with van der Waals surface area (Å²) < 4.78 is 18.9. The number of halogens is 2. The lowest BCUT2D eigenvalue weighted by atomic mass is 10.0. The molecule has 20 heavy (non-hydrogen) atoms. The SMILES string of the molecule is O=C(NC1CCSc2ccc(F)cc21)c1ccoc1Br. The molecule has 2 aromatic rings. The van der Waals surface area contributed by atoms with Crippen molar-refractivity contribution in [2.75, 3.05) is 5.75 Å². The molecular weight excluding hydrogens is 345 g/mol. The predicted molar refractivity (Wildman–Crippen MR) is 78.4 cm³/mol. The molecule has 0 bridgehead atoms. The van der Waals surface area contributed by atoms with Crippen LogP contribution in [0.1, 0.15) is 28.4 Å². The largest absolute Gasteiger partial charge is 0.457 e. The Morgan fingerprint density at radius 3 is 3.05 bits per heavy atom. The summed E-state index contributed by atoms with van der Waals surface area (Å²) in [4.78, 5) is 13.2. The maximum Gasteiger partial charge on any atom is 0.256 e. The van der Waals surface area contributed by atoms with E-state index in [9.17, 15) is 9.18 Å². The van der Waals surface area contributed by atoms with Crippen molar-refractivity contribution in [3.8, 4) is 0 Å². The van der Waals surface area contributed by atoms with Crippen molar-refractivity contribution in [2.24, 2.45) is 0 Å². The van der Waals surface area contributed by atoms with Gasteiger partial charge in [0.2, 0.25) is 0 Å². The Balaban J connectivity index is 1.85. The van der Waals surface area contributed by atoms with Crippen molar-refractivity contribution in [1.29, 1.82) is 0 Å². The van der Waals surface area contributed by atoms with E-state index < -0.39 is 0 Å². The number of hydrogen-bond acceptors (Lipinski definition) is 3. The molecule has 2 heterocycles. The fourth-order valence-electron chi connectivity index (χ4n) is 2.21. The Bertz CT molecular complexity index is 658. The summed E-state index contributed by atoms with van der Waals surface area (Å²) in [6.45, 7) is 0. The highest BCUT2D eigenvalue weighted by Crippen LogP contribution is 2.36. The minimum Gasteiger partial charge on any atom is -0.457 e. The van der Waals surface area contributed by atoms with Crippen LogP contribution in [-0.2, 0) is 0 Å². The van der Waals surface area contributed by atoms with E-state index in [1.807, 2.05) is 0 Å². The molecule has 0 aliphatic carbocycles. The summed E-state index contributed by atoms with van der Waals surface area (Å²) in [7, 11) is 0. The highest BCUT2D eigenvalue weighted by Gasteiger charge is 2.24. The van der Waals surface area contributed by atoms with E-state index in [1.165, 1.54) is 18.4 Å². The molecular formula is C14H11BrFNO2S. The minimum atomic E-state index is -0.282. The van der Waals surface area contributed by atoms with E-state index in [0.29, 0.717) is 10.2 Å². The molecule has 6 heteroatoms. The number of rotatable bonds is 2. The first-order valence-corrected chi connectivity index (χ1v) is 7.89. The molecule has 1 unspecified atom stereocenters. The van der Waals surface area contributed by atoms with Crippen LogP contribution >= 0.6 is 27.7 Å². The van der Waals surface area contributed by atoms with Gasteiger partial charge in [0.1, 0.15) is 5.82 Å². The van der Waals surface area contributed by atoms with Gasteiger partial charge in [-0.25, -0.2) is 4.39 Å². The molecule has 0 saturated heterocycles. The van der Waals surface area contributed by atoms with E-state index in [0.717, 1.165) is 22.6 Å². The van der Waals surface area contributed by atoms with Crippen LogP contribution in [0.5, 0.6) is 0 Å². The van der Waals surface area contributed by atoms with Crippen LogP contribution in [0.4, 0.5) is 4.39 Å². The summed E-state index contributed by atoms with van der Waals surface area (Å²) in [6, 6.07) is 6.14. The van der Waals surface area contributed by atoms with Gasteiger partial charge in [-0.3, -0.25) is 4.79 Å². The second kappa shape index (κ2) is 5.61. The lowest BCUT2D eigenvalue weighted by molar-refractivity contribution is 0.0933. The zero-order valence-corrected chi connectivity index (χ0v) is 12.8. The van der Waals surface area contributed by atoms with E-state index in [-0.39, 0.29) is 17.8 Å². The van der Waals surface area contributed by atoms with Crippen LogP contribution in [0.25, 0.3) is 0 Å². The first kappa shape index (κ1) is 13.7. The van der Waals surface area contributed by atoms with Gasteiger partial charge in [0, 0.05) is 10.6 Å². The van der Waals surface area contributed by atoms with Gasteiger partial charge in [-0.05, 0) is 52.2 Å². The summed E-state index contributed by atoms with van der Waals surface area (Å²) >= 11 is 4.87. The molecule has 0 radical (unpaired) electrons. The monoisotopic (exact) mass is 355 g/mol. The molecule has 3 rings (SSSR count). The molecule has 1 aliphatic heterocycles. The third-order valence-electron chi connectivity index (χ3n) is 3.18. The highest BCUT2D eigenvalue weighted by atomic mass is 79.9. The van der Waals surface area contributed by atoms with Gasteiger partial charge < -0.3 is 9.73 Å². The number of carbonyl (C=O) groups excluding carboxylic acids is 1. The van der Waals surface area contributed by atoms with Crippen molar-refractivity contribution >= 4 is 33.6 Å². The molecule has 1 N–H and O–H groups in total. The van der Waals surface area contributed by atoms with Crippen LogP contribution in [0.2, 0.25) is 0 Å². The zero-order chi connectivity index (χ0) is 14.1. The average molecular weight is 356 g/mol. The van der Waals surface area contributed by atoms with Gasteiger partial charge in [-0.15, -0.1) is 11.8 Å². The van der Waals surface area contributed by atoms with Gasteiger partial charge in [-0.2, -0.15) is 0 Å². The third kappa shape index (κ3) is 2.62. The molecule has 1 atom stereocenters. The second-order valence-corrected chi connectivity index (χ2v) is 6.31. The first-order valence-electron chi connectivity index (χ1n) is 6.11. The lowest BCUT2D eigenvalue weighted by Gasteiger charge is -2.25. The Labute approximate surface area is 128 Å². The zero-order valence-electron chi connectivity index (χ0n) is 10.4. The fourth-order valence-corrected chi connectivity index (χ4v) is 3.73. The molecule has 104 valence electrons. The maximum absolute atomic E-state index is 13.4. The quantitative estimate of drug-likeness (QED) is 0.879. The summed E-state index contributed by atoms with van der Waals surface area (Å²) in [6.07, 6.45) is 2.23. The van der Waals surface area contributed by atoms with Gasteiger partial charge in [0.25, 0.3) is 5.91 Å². The third-order valence-corrected chi connectivity index (χ3v) is 4.92. The molecule has 1 amide bonds. The fraction of sp³-hybridized carbons (Fsp3) is 0.214. The number of carbonyl (C=O) groups is 1. The van der Waals surface area contributed by atoms with Crippen molar-refractivity contribution in [3.63, 3.8) is 0 Å². The van der Waals surface area contributed by atoms with E-state index in [4.69, 9.17) is 4.42 Å². The number of thioether (sulfide) groups is 1. The Morgan fingerprint density at radius 2 is 2.30 bits per heavy atom. The Kier molecular flexibility index (Phi) is 3.85. The van der Waals surface area contributed by atoms with Crippen LogP contribution < -0.4 is 5.32 Å². The van der Waals surface area contributed by atoms with Crippen LogP contribution in [-0.4, -0.2) is 11.7 Å². The minimum absolute atomic E-state index is 0.170. The van der Waals surface area contributed by atoms with Gasteiger partial charge in [0.15, 0.2) is 4.67 Å². The molecule has 1 aliphatic rings. The Hall–Kier alpha value is -1.27. The molecule has 0 spiro atoms. The summed E-state index contributed by atoms with van der Waals surface area (Å²) in [5.41, 5.74) is 1.29. The topological polar surface area (TPSA) is 42.2 Å². The predicted octanol–water partition coefficient (Wildman–Crippen LogP) is 4.15. The number of fused-ring (bicyclic) bond motifs is 1. The normalized spacial score (nSPS) is 17.6. The number of amides is 1. The molecule has 0 fully saturated rings. The van der Waals surface area contributed by atoms with Gasteiger partial charge >= 0.3 is 0 Å². The van der Waals surface area contributed by atoms with E-state index >= 15 is 0 Å². The van der Waals surface area contributed by atoms with Crippen LogP contribution in [0.15, 0.2) is 44.5 Å². The van der Waals surface area contributed by atoms with Gasteiger partial charge in [-0.1, -0.05) is 0 Å². The van der Waals surface area contributed by atoms with Gasteiger partial charge in [0.05, 0.1) is 17.9 Å². The van der Waals surface area contributed by atoms with Crippen LogP contribution in [0, 0.1) is 5.82 Å². The molecule has 3 nitrogen and oxygen atoms in total. The smallest absolute Gasteiger partial charge is 0.256 e.